The lowest BCUT2D eigenvalue weighted by Crippen LogP contribution is -2.62. The molecule has 0 radical (unpaired) electrons. The molecule has 1 fully saturated rings. The van der Waals surface area contributed by atoms with Gasteiger partial charge in [-0.1, -0.05) is 6.92 Å². The SMILES string of the molecule is CCNC(C)c1cnc(N2CCNC(=O)C2(C)C)s1. The molecule has 19 heavy (non-hydrogen) atoms. The van der Waals surface area contributed by atoms with Crippen LogP contribution in [-0.4, -0.2) is 36.1 Å². The largest absolute Gasteiger partial charge is 0.352 e. The van der Waals surface area contributed by atoms with Crippen LogP contribution in [0, 0.1) is 0 Å². The van der Waals surface area contributed by atoms with Crippen molar-refractivity contribution in [3.63, 3.8) is 0 Å². The molecule has 6 heteroatoms. The fraction of sp³-hybridized carbons (Fsp3) is 0.692. The summed E-state index contributed by atoms with van der Waals surface area (Å²) < 4.78 is 0. The van der Waals surface area contributed by atoms with Gasteiger partial charge in [0.05, 0.1) is 0 Å². The summed E-state index contributed by atoms with van der Waals surface area (Å²) in [6.45, 7) is 10.5. The van der Waals surface area contributed by atoms with Gasteiger partial charge in [0.1, 0.15) is 5.54 Å². The maximum atomic E-state index is 12.0. The predicted molar refractivity (Wildman–Crippen MR) is 78.6 cm³/mol. The van der Waals surface area contributed by atoms with Crippen molar-refractivity contribution in [2.45, 2.75) is 39.3 Å². The van der Waals surface area contributed by atoms with Crippen LogP contribution in [0.1, 0.15) is 38.6 Å². The van der Waals surface area contributed by atoms with E-state index in [1.54, 1.807) is 11.3 Å². The van der Waals surface area contributed by atoms with E-state index in [4.69, 9.17) is 0 Å². The van der Waals surface area contributed by atoms with Gasteiger partial charge in [0, 0.05) is 30.2 Å². The Kier molecular flexibility index (Phi) is 4.10. The smallest absolute Gasteiger partial charge is 0.245 e. The van der Waals surface area contributed by atoms with Gasteiger partial charge in [-0.15, -0.1) is 11.3 Å². The van der Waals surface area contributed by atoms with Crippen LogP contribution in [0.3, 0.4) is 0 Å². The number of piperazine rings is 1. The Morgan fingerprint density at radius 2 is 2.37 bits per heavy atom. The first-order valence-corrected chi connectivity index (χ1v) is 7.53. The quantitative estimate of drug-likeness (QED) is 0.879. The van der Waals surface area contributed by atoms with E-state index in [0.717, 1.165) is 18.2 Å². The number of hydrogen-bond donors (Lipinski definition) is 2. The van der Waals surface area contributed by atoms with Crippen LogP contribution in [0.15, 0.2) is 6.20 Å². The number of nitrogens with zero attached hydrogens (tertiary/aromatic N) is 2. The molecule has 1 unspecified atom stereocenters. The van der Waals surface area contributed by atoms with Crippen LogP contribution >= 0.6 is 11.3 Å². The fourth-order valence-corrected chi connectivity index (χ4v) is 3.35. The van der Waals surface area contributed by atoms with Crippen LogP contribution < -0.4 is 15.5 Å². The minimum atomic E-state index is -0.533. The van der Waals surface area contributed by atoms with E-state index in [2.05, 4.69) is 34.4 Å². The summed E-state index contributed by atoms with van der Waals surface area (Å²) in [5.74, 6) is 0.0650. The number of thiazole rings is 1. The molecule has 1 amide bonds. The Labute approximate surface area is 118 Å². The van der Waals surface area contributed by atoms with Crippen LogP contribution in [-0.2, 0) is 4.79 Å². The van der Waals surface area contributed by atoms with Crippen LogP contribution in [0.4, 0.5) is 5.13 Å². The molecule has 1 atom stereocenters. The number of anilines is 1. The number of rotatable bonds is 4. The van der Waals surface area contributed by atoms with E-state index in [1.807, 2.05) is 20.0 Å². The second-order valence-electron chi connectivity index (χ2n) is 5.29. The van der Waals surface area contributed by atoms with Crippen LogP contribution in [0.25, 0.3) is 0 Å². The average Bonchev–Trinajstić information content (AvgIpc) is 2.82. The van der Waals surface area contributed by atoms with Crippen molar-refractivity contribution in [3.8, 4) is 0 Å². The molecule has 0 bridgehead atoms. The Morgan fingerprint density at radius 3 is 3.05 bits per heavy atom. The molecule has 2 N–H and O–H groups in total. The standard InChI is InChI=1S/C13H22N4OS/c1-5-14-9(2)10-8-16-12(19-10)17-7-6-15-11(18)13(17,3)4/h8-9,14H,5-7H2,1-4H3,(H,15,18). The number of hydrogen-bond acceptors (Lipinski definition) is 5. The number of carbonyl (C=O) groups excluding carboxylic acids is 1. The van der Waals surface area contributed by atoms with Gasteiger partial charge in [-0.2, -0.15) is 0 Å². The Balaban J connectivity index is 2.20. The summed E-state index contributed by atoms with van der Waals surface area (Å²) in [6.07, 6.45) is 1.91. The minimum Gasteiger partial charge on any atom is -0.352 e. The van der Waals surface area contributed by atoms with Gasteiger partial charge in [0.25, 0.3) is 0 Å². The van der Waals surface area contributed by atoms with Crippen LogP contribution in [0.5, 0.6) is 0 Å². The Bertz CT molecular complexity index is 457. The summed E-state index contributed by atoms with van der Waals surface area (Å²) in [5, 5.41) is 7.22. The lowest BCUT2D eigenvalue weighted by atomic mass is 10.00. The molecule has 5 nitrogen and oxygen atoms in total. The molecule has 2 heterocycles. The fourth-order valence-electron chi connectivity index (χ4n) is 2.24. The molecule has 0 aromatic carbocycles. The van der Waals surface area contributed by atoms with Gasteiger partial charge < -0.3 is 15.5 Å². The van der Waals surface area contributed by atoms with Gasteiger partial charge in [-0.3, -0.25) is 4.79 Å². The molecule has 1 aliphatic rings. The van der Waals surface area contributed by atoms with E-state index in [1.165, 1.54) is 4.88 Å². The van der Waals surface area contributed by atoms with Gasteiger partial charge in [-0.05, 0) is 27.3 Å². The zero-order chi connectivity index (χ0) is 14.0. The molecule has 2 rings (SSSR count). The molecule has 0 aliphatic carbocycles. The highest BCUT2D eigenvalue weighted by Gasteiger charge is 2.39. The van der Waals surface area contributed by atoms with E-state index in [9.17, 15) is 4.79 Å². The number of carbonyl (C=O) groups is 1. The third kappa shape index (κ3) is 2.74. The third-order valence-electron chi connectivity index (χ3n) is 3.53. The predicted octanol–water partition coefficient (Wildman–Crippen LogP) is 1.53. The molecular weight excluding hydrogens is 260 g/mol. The lowest BCUT2D eigenvalue weighted by molar-refractivity contribution is -0.126. The topological polar surface area (TPSA) is 57.3 Å². The summed E-state index contributed by atoms with van der Waals surface area (Å²) >= 11 is 1.66. The lowest BCUT2D eigenvalue weighted by Gasteiger charge is -2.41. The van der Waals surface area contributed by atoms with Crippen LogP contribution in [0.2, 0.25) is 0 Å². The van der Waals surface area contributed by atoms with Gasteiger partial charge in [-0.25, -0.2) is 4.98 Å². The first kappa shape index (κ1) is 14.3. The van der Waals surface area contributed by atoms with Gasteiger partial charge in [0.2, 0.25) is 5.91 Å². The maximum Gasteiger partial charge on any atom is 0.245 e. The first-order chi connectivity index (χ1) is 8.96. The van der Waals surface area contributed by atoms with Crippen molar-refractivity contribution < 1.29 is 4.79 Å². The molecule has 1 saturated heterocycles. The van der Waals surface area contributed by atoms with Gasteiger partial charge in [0.15, 0.2) is 5.13 Å². The normalized spacial score (nSPS) is 20.2. The Hall–Kier alpha value is -1.14. The van der Waals surface area contributed by atoms with Gasteiger partial charge >= 0.3 is 0 Å². The van der Waals surface area contributed by atoms with Crippen molar-refractivity contribution in [2.75, 3.05) is 24.5 Å². The van der Waals surface area contributed by atoms with Crippen molar-refractivity contribution >= 4 is 22.4 Å². The van der Waals surface area contributed by atoms with Crippen molar-refractivity contribution in [1.29, 1.82) is 0 Å². The molecule has 0 spiro atoms. The second kappa shape index (κ2) is 5.46. The Morgan fingerprint density at radius 1 is 1.63 bits per heavy atom. The second-order valence-corrected chi connectivity index (χ2v) is 6.33. The molecule has 1 aromatic rings. The number of amides is 1. The van der Waals surface area contributed by atoms with E-state index in [0.29, 0.717) is 12.6 Å². The molecule has 106 valence electrons. The summed E-state index contributed by atoms with van der Waals surface area (Å²) in [6, 6.07) is 0.304. The third-order valence-corrected chi connectivity index (χ3v) is 4.73. The highest BCUT2D eigenvalue weighted by Crippen LogP contribution is 2.32. The molecule has 1 aliphatic heterocycles. The van der Waals surface area contributed by atoms with E-state index >= 15 is 0 Å². The van der Waals surface area contributed by atoms with Crippen molar-refractivity contribution in [1.82, 2.24) is 15.6 Å². The zero-order valence-corrected chi connectivity index (χ0v) is 12.8. The number of aromatic nitrogens is 1. The monoisotopic (exact) mass is 282 g/mol. The molecule has 1 aromatic heterocycles. The van der Waals surface area contributed by atoms with E-state index < -0.39 is 5.54 Å². The van der Waals surface area contributed by atoms with Crippen molar-refractivity contribution in [2.24, 2.45) is 0 Å². The molecule has 0 saturated carbocycles. The zero-order valence-electron chi connectivity index (χ0n) is 12.0. The number of nitrogens with one attached hydrogen (secondary N) is 2. The molecular formula is C13H22N4OS. The summed E-state index contributed by atoms with van der Waals surface area (Å²) in [7, 11) is 0. The van der Waals surface area contributed by atoms with E-state index in [-0.39, 0.29) is 5.91 Å². The maximum absolute atomic E-state index is 12.0. The highest BCUT2D eigenvalue weighted by atomic mass is 32.1. The summed E-state index contributed by atoms with van der Waals surface area (Å²) in [5.41, 5.74) is -0.533. The minimum absolute atomic E-state index is 0.0650. The van der Waals surface area contributed by atoms with Crippen molar-refractivity contribution in [3.05, 3.63) is 11.1 Å². The highest BCUT2D eigenvalue weighted by molar-refractivity contribution is 7.15. The summed E-state index contributed by atoms with van der Waals surface area (Å²) in [4.78, 5) is 19.8. The average molecular weight is 282 g/mol. The first-order valence-electron chi connectivity index (χ1n) is 6.72.